The largest absolute Gasteiger partial charge is 0.368 e. The van der Waals surface area contributed by atoms with E-state index >= 15 is 0 Å². The zero-order valence-corrected chi connectivity index (χ0v) is 13.0. The molecule has 0 saturated carbocycles. The van der Waals surface area contributed by atoms with Crippen molar-refractivity contribution >= 4 is 17.5 Å². The van der Waals surface area contributed by atoms with E-state index in [0.29, 0.717) is 16.8 Å². The van der Waals surface area contributed by atoms with Gasteiger partial charge in [-0.05, 0) is 39.9 Å². The predicted molar refractivity (Wildman–Crippen MR) is 83.2 cm³/mol. The Kier molecular flexibility index (Phi) is 3.82. The Morgan fingerprint density at radius 2 is 2.00 bits per heavy atom. The maximum absolute atomic E-state index is 6.19. The van der Waals surface area contributed by atoms with E-state index in [0.717, 1.165) is 37.2 Å². The molecule has 1 aliphatic heterocycles. The summed E-state index contributed by atoms with van der Waals surface area (Å²) in [6.07, 6.45) is 5.57. The molecule has 0 unspecified atom stereocenters. The topological polar surface area (TPSA) is 72.9 Å². The average Bonchev–Trinajstić information content (AvgIpc) is 2.84. The van der Waals surface area contributed by atoms with E-state index in [1.807, 2.05) is 6.20 Å². The van der Waals surface area contributed by atoms with Crippen molar-refractivity contribution in [2.75, 3.05) is 25.9 Å². The third-order valence-corrected chi connectivity index (χ3v) is 4.37. The van der Waals surface area contributed by atoms with Crippen molar-refractivity contribution < 1.29 is 0 Å². The van der Waals surface area contributed by atoms with Crippen LogP contribution in [0.2, 0.25) is 5.02 Å². The maximum Gasteiger partial charge on any atom is 0.220 e. The van der Waals surface area contributed by atoms with E-state index in [9.17, 15) is 0 Å². The van der Waals surface area contributed by atoms with Crippen molar-refractivity contribution in [2.24, 2.45) is 0 Å². The van der Waals surface area contributed by atoms with Crippen molar-refractivity contribution in [2.45, 2.75) is 25.8 Å². The molecule has 0 radical (unpaired) electrons. The van der Waals surface area contributed by atoms with Gasteiger partial charge in [-0.2, -0.15) is 5.10 Å². The SMILES string of the molecule is Cc1c(-c2nc(N)ncc2Cl)cnn1C1CCN(C)CC1. The van der Waals surface area contributed by atoms with E-state index in [2.05, 4.69) is 38.6 Å². The van der Waals surface area contributed by atoms with Gasteiger partial charge in [-0.25, -0.2) is 9.97 Å². The second kappa shape index (κ2) is 5.61. The van der Waals surface area contributed by atoms with Gasteiger partial charge in [0, 0.05) is 11.3 Å². The number of rotatable bonds is 2. The van der Waals surface area contributed by atoms with Crippen LogP contribution in [0.4, 0.5) is 5.95 Å². The number of nitrogen functional groups attached to an aromatic ring is 1. The lowest BCUT2D eigenvalue weighted by molar-refractivity contribution is 0.210. The molecule has 2 aromatic rings. The molecule has 2 aromatic heterocycles. The maximum atomic E-state index is 6.19. The Morgan fingerprint density at radius 1 is 1.29 bits per heavy atom. The van der Waals surface area contributed by atoms with Gasteiger partial charge in [0.15, 0.2) is 0 Å². The van der Waals surface area contributed by atoms with Gasteiger partial charge in [0.2, 0.25) is 5.95 Å². The molecule has 0 amide bonds. The lowest BCUT2D eigenvalue weighted by atomic mass is 10.1. The quantitative estimate of drug-likeness (QED) is 0.920. The molecule has 0 aliphatic carbocycles. The molecule has 0 atom stereocenters. The van der Waals surface area contributed by atoms with Crippen molar-refractivity contribution in [1.82, 2.24) is 24.6 Å². The van der Waals surface area contributed by atoms with Crippen molar-refractivity contribution in [3.05, 3.63) is 23.1 Å². The molecule has 2 N–H and O–H groups in total. The predicted octanol–water partition coefficient (Wildman–Crippen LogP) is 2.15. The molecule has 3 heterocycles. The summed E-state index contributed by atoms with van der Waals surface area (Å²) in [5, 5.41) is 5.05. The van der Waals surface area contributed by atoms with Gasteiger partial charge >= 0.3 is 0 Å². The molecular weight excluding hydrogens is 288 g/mol. The highest BCUT2D eigenvalue weighted by Gasteiger charge is 2.22. The first kappa shape index (κ1) is 14.3. The monoisotopic (exact) mass is 306 g/mol. The number of nitrogens with zero attached hydrogens (tertiary/aromatic N) is 5. The van der Waals surface area contributed by atoms with Crippen molar-refractivity contribution in [3.63, 3.8) is 0 Å². The van der Waals surface area contributed by atoms with Crippen LogP contribution in [0.5, 0.6) is 0 Å². The third kappa shape index (κ3) is 2.73. The summed E-state index contributed by atoms with van der Waals surface area (Å²) in [5.74, 6) is 0.223. The summed E-state index contributed by atoms with van der Waals surface area (Å²) in [4.78, 5) is 10.5. The standard InChI is InChI=1S/C14H19ClN6/c1-9-11(13-12(15)8-17-14(16)19-13)7-18-21(9)10-3-5-20(2)6-4-10/h7-8,10H,3-6H2,1-2H3,(H2,16,17,19). The number of hydrogen-bond acceptors (Lipinski definition) is 5. The van der Waals surface area contributed by atoms with Gasteiger partial charge in [0.1, 0.15) is 0 Å². The second-order valence-electron chi connectivity index (χ2n) is 5.55. The number of piperidine rings is 1. The zero-order chi connectivity index (χ0) is 15.0. The minimum absolute atomic E-state index is 0.223. The number of likely N-dealkylation sites (tertiary alicyclic amines) is 1. The fraction of sp³-hybridized carbons (Fsp3) is 0.500. The first-order valence-electron chi connectivity index (χ1n) is 7.07. The number of halogens is 1. The smallest absolute Gasteiger partial charge is 0.220 e. The summed E-state index contributed by atoms with van der Waals surface area (Å²) < 4.78 is 2.09. The fourth-order valence-corrected chi connectivity index (χ4v) is 3.03. The molecular formula is C14H19ClN6. The summed E-state index contributed by atoms with van der Waals surface area (Å²) in [6, 6.07) is 0.438. The molecule has 1 aliphatic rings. The molecule has 6 nitrogen and oxygen atoms in total. The van der Waals surface area contributed by atoms with Crippen LogP contribution in [0.1, 0.15) is 24.6 Å². The van der Waals surface area contributed by atoms with E-state index < -0.39 is 0 Å². The third-order valence-electron chi connectivity index (χ3n) is 4.10. The van der Waals surface area contributed by atoms with Crippen LogP contribution in [0, 0.1) is 6.92 Å². The van der Waals surface area contributed by atoms with Crippen LogP contribution in [-0.4, -0.2) is 44.8 Å². The van der Waals surface area contributed by atoms with Crippen LogP contribution < -0.4 is 5.73 Å². The van der Waals surface area contributed by atoms with Crippen LogP contribution in [0.3, 0.4) is 0 Å². The highest BCUT2D eigenvalue weighted by molar-refractivity contribution is 6.32. The normalized spacial score (nSPS) is 17.3. The van der Waals surface area contributed by atoms with E-state index in [1.54, 1.807) is 0 Å². The molecule has 0 bridgehead atoms. The highest BCUT2D eigenvalue weighted by atomic mass is 35.5. The molecule has 112 valence electrons. The molecule has 21 heavy (non-hydrogen) atoms. The number of nitrogens with two attached hydrogens (primary N) is 1. The first-order chi connectivity index (χ1) is 10.1. The van der Waals surface area contributed by atoms with Crippen molar-refractivity contribution in [1.29, 1.82) is 0 Å². The summed E-state index contributed by atoms with van der Waals surface area (Å²) in [6.45, 7) is 4.25. The Bertz CT molecular complexity index is 645. The van der Waals surface area contributed by atoms with Crippen LogP contribution in [-0.2, 0) is 0 Å². The fourth-order valence-electron chi connectivity index (χ4n) is 2.83. The molecule has 1 fully saturated rings. The van der Waals surface area contributed by atoms with E-state index in [-0.39, 0.29) is 5.95 Å². The van der Waals surface area contributed by atoms with E-state index in [1.165, 1.54) is 6.20 Å². The zero-order valence-electron chi connectivity index (χ0n) is 12.3. The average molecular weight is 307 g/mol. The lowest BCUT2D eigenvalue weighted by Crippen LogP contribution is -2.32. The highest BCUT2D eigenvalue weighted by Crippen LogP contribution is 2.31. The van der Waals surface area contributed by atoms with Crippen LogP contribution in [0.25, 0.3) is 11.3 Å². The van der Waals surface area contributed by atoms with Crippen LogP contribution >= 0.6 is 11.6 Å². The molecule has 7 heteroatoms. The first-order valence-corrected chi connectivity index (χ1v) is 7.45. The minimum Gasteiger partial charge on any atom is -0.368 e. The number of aromatic nitrogens is 4. The molecule has 3 rings (SSSR count). The molecule has 0 aromatic carbocycles. The Balaban J connectivity index is 1.94. The van der Waals surface area contributed by atoms with Gasteiger partial charge in [-0.15, -0.1) is 0 Å². The van der Waals surface area contributed by atoms with Crippen molar-refractivity contribution in [3.8, 4) is 11.3 Å². The van der Waals surface area contributed by atoms with E-state index in [4.69, 9.17) is 17.3 Å². The number of hydrogen-bond donors (Lipinski definition) is 1. The Hall–Kier alpha value is -1.66. The Labute approximate surface area is 128 Å². The Morgan fingerprint density at radius 3 is 2.71 bits per heavy atom. The van der Waals surface area contributed by atoms with Gasteiger partial charge < -0.3 is 10.6 Å². The summed E-state index contributed by atoms with van der Waals surface area (Å²) in [5.41, 5.74) is 8.32. The summed E-state index contributed by atoms with van der Waals surface area (Å²) >= 11 is 6.19. The number of anilines is 1. The van der Waals surface area contributed by atoms with Gasteiger partial charge in [-0.3, -0.25) is 4.68 Å². The molecule has 1 saturated heterocycles. The lowest BCUT2D eigenvalue weighted by Gasteiger charge is -2.29. The van der Waals surface area contributed by atoms with Gasteiger partial charge in [-0.1, -0.05) is 11.6 Å². The van der Waals surface area contributed by atoms with Gasteiger partial charge in [0.25, 0.3) is 0 Å². The minimum atomic E-state index is 0.223. The summed E-state index contributed by atoms with van der Waals surface area (Å²) in [7, 11) is 2.15. The second-order valence-corrected chi connectivity index (χ2v) is 5.95. The molecule has 0 spiro atoms. The van der Waals surface area contributed by atoms with Crippen LogP contribution in [0.15, 0.2) is 12.4 Å². The van der Waals surface area contributed by atoms with Gasteiger partial charge in [0.05, 0.1) is 29.2 Å².